The number of hydrogen-bond acceptors (Lipinski definition) is 2. The molecule has 0 aliphatic heterocycles. The van der Waals surface area contributed by atoms with E-state index in [1.165, 1.54) is 0 Å². The Morgan fingerprint density at radius 2 is 1.30 bits per heavy atom. The Morgan fingerprint density at radius 3 is 1.83 bits per heavy atom. The fourth-order valence-electron chi connectivity index (χ4n) is 3.08. The van der Waals surface area contributed by atoms with Gasteiger partial charge in [-0.3, -0.25) is 0 Å². The van der Waals surface area contributed by atoms with Crippen LogP contribution in [0.1, 0.15) is 25.0 Å². The van der Waals surface area contributed by atoms with Crippen LogP contribution in [0.3, 0.4) is 0 Å². The number of aliphatic imine (C=N–C) groups is 1. The molecule has 0 unspecified atom stereocenters. The van der Waals surface area contributed by atoms with Gasteiger partial charge in [0.25, 0.3) is 0 Å². The molecule has 30 heavy (non-hydrogen) atoms. The molecule has 4 heteroatoms. The number of allylic oxidation sites excluding steroid dienone is 1. The van der Waals surface area contributed by atoms with E-state index in [-0.39, 0.29) is 6.03 Å². The summed E-state index contributed by atoms with van der Waals surface area (Å²) in [5, 5.41) is 3.09. The lowest BCUT2D eigenvalue weighted by molar-refractivity contribution is 0.208. The first kappa shape index (κ1) is 21.1. The van der Waals surface area contributed by atoms with Gasteiger partial charge in [0.05, 0.1) is 17.1 Å². The maximum absolute atomic E-state index is 12.8. The van der Waals surface area contributed by atoms with Gasteiger partial charge in [0.15, 0.2) is 0 Å². The zero-order valence-corrected chi connectivity index (χ0v) is 17.5. The summed E-state index contributed by atoms with van der Waals surface area (Å²) in [7, 11) is 0. The van der Waals surface area contributed by atoms with Crippen LogP contribution in [0.5, 0.6) is 0 Å². The van der Waals surface area contributed by atoms with Crippen LogP contribution in [0.15, 0.2) is 102 Å². The Hall–Kier alpha value is -3.66. The normalized spacial score (nSPS) is 11.8. The van der Waals surface area contributed by atoms with E-state index in [4.69, 9.17) is 4.99 Å². The predicted molar refractivity (Wildman–Crippen MR) is 125 cm³/mol. The lowest BCUT2D eigenvalue weighted by atomic mass is 10.1. The summed E-state index contributed by atoms with van der Waals surface area (Å²) in [6.07, 6.45) is 1.94. The molecule has 0 saturated heterocycles. The third-order valence-corrected chi connectivity index (χ3v) is 4.73. The molecular formula is C26H27N3O. The fourth-order valence-corrected chi connectivity index (χ4v) is 3.08. The average molecular weight is 398 g/mol. The van der Waals surface area contributed by atoms with Crippen LogP contribution in [0.2, 0.25) is 0 Å². The van der Waals surface area contributed by atoms with Gasteiger partial charge >= 0.3 is 6.03 Å². The molecule has 0 bridgehead atoms. The lowest BCUT2D eigenvalue weighted by Gasteiger charge is -2.21. The molecule has 0 radical (unpaired) electrons. The molecule has 3 rings (SSSR count). The number of amides is 2. The van der Waals surface area contributed by atoms with Crippen LogP contribution in [0, 0.1) is 0 Å². The molecule has 0 atom stereocenters. The van der Waals surface area contributed by atoms with E-state index < -0.39 is 0 Å². The smallest absolute Gasteiger partial charge is 0.321 e. The molecule has 152 valence electrons. The summed E-state index contributed by atoms with van der Waals surface area (Å²) in [5.41, 5.74) is 4.25. The second-order valence-corrected chi connectivity index (χ2v) is 6.73. The van der Waals surface area contributed by atoms with Crippen LogP contribution >= 0.6 is 0 Å². The van der Waals surface area contributed by atoms with E-state index in [9.17, 15) is 4.79 Å². The minimum absolute atomic E-state index is 0.123. The average Bonchev–Trinajstić information content (AvgIpc) is 2.81. The summed E-state index contributed by atoms with van der Waals surface area (Å²) in [4.78, 5) is 19.4. The maximum atomic E-state index is 12.8. The van der Waals surface area contributed by atoms with E-state index >= 15 is 0 Å². The highest BCUT2D eigenvalue weighted by atomic mass is 16.2. The highest BCUT2D eigenvalue weighted by Gasteiger charge is 2.13. The third-order valence-electron chi connectivity index (χ3n) is 4.73. The Morgan fingerprint density at radius 1 is 0.800 bits per heavy atom. The summed E-state index contributed by atoms with van der Waals surface area (Å²) in [5.74, 6) is 0. The molecule has 4 nitrogen and oxygen atoms in total. The Bertz CT molecular complexity index is 992. The molecule has 3 aromatic rings. The summed E-state index contributed by atoms with van der Waals surface area (Å²) in [6, 6.07) is 29.6. The number of urea groups is 1. The van der Waals surface area contributed by atoms with Crippen molar-refractivity contribution in [3.63, 3.8) is 0 Å². The zero-order chi connectivity index (χ0) is 21.2. The first-order valence-corrected chi connectivity index (χ1v) is 10.2. The van der Waals surface area contributed by atoms with Crippen molar-refractivity contribution >= 4 is 23.1 Å². The van der Waals surface area contributed by atoms with Crippen LogP contribution in [0.25, 0.3) is 5.70 Å². The van der Waals surface area contributed by atoms with Gasteiger partial charge in [0, 0.05) is 18.7 Å². The van der Waals surface area contributed by atoms with Crippen LogP contribution < -0.4 is 5.32 Å². The number of carbonyl (C=O) groups excluding carboxylic acids is 1. The fraction of sp³-hybridized carbons (Fsp3) is 0.154. The van der Waals surface area contributed by atoms with E-state index in [2.05, 4.69) is 5.32 Å². The molecule has 0 heterocycles. The van der Waals surface area contributed by atoms with Crippen molar-refractivity contribution in [2.45, 2.75) is 13.8 Å². The molecule has 0 spiro atoms. The molecule has 0 aliphatic rings. The van der Waals surface area contributed by atoms with Gasteiger partial charge < -0.3 is 10.2 Å². The van der Waals surface area contributed by atoms with Crippen LogP contribution in [-0.2, 0) is 0 Å². The Kier molecular flexibility index (Phi) is 7.56. The number of rotatable bonds is 7. The lowest BCUT2D eigenvalue weighted by Crippen LogP contribution is -2.39. The van der Waals surface area contributed by atoms with E-state index in [1.807, 2.05) is 111 Å². The quantitative estimate of drug-likeness (QED) is 0.496. The van der Waals surface area contributed by atoms with Crippen molar-refractivity contribution in [3.8, 4) is 0 Å². The summed E-state index contributed by atoms with van der Waals surface area (Å²) >= 11 is 0. The molecule has 0 fully saturated rings. The molecule has 0 aromatic heterocycles. The number of benzene rings is 3. The Balaban J connectivity index is 2.08. The SMILES string of the molecule is CCN(CC)C(=O)NC(=CC(=Nc1ccccc1)c1ccccc1)c1ccccc1. The van der Waals surface area contributed by atoms with E-state index in [1.54, 1.807) is 4.90 Å². The second kappa shape index (κ2) is 10.8. The maximum Gasteiger partial charge on any atom is 0.321 e. The van der Waals surface area contributed by atoms with Crippen molar-refractivity contribution in [3.05, 3.63) is 108 Å². The Labute approximate surface area is 178 Å². The van der Waals surface area contributed by atoms with E-state index in [0.29, 0.717) is 18.8 Å². The molecular weight excluding hydrogens is 370 g/mol. The van der Waals surface area contributed by atoms with Gasteiger partial charge in [-0.1, -0.05) is 78.9 Å². The monoisotopic (exact) mass is 397 g/mol. The van der Waals surface area contributed by atoms with Gasteiger partial charge in [-0.2, -0.15) is 0 Å². The van der Waals surface area contributed by atoms with Gasteiger partial charge in [-0.15, -0.1) is 0 Å². The first-order valence-electron chi connectivity index (χ1n) is 10.2. The number of nitrogens with zero attached hydrogens (tertiary/aromatic N) is 2. The minimum atomic E-state index is -0.123. The van der Waals surface area contributed by atoms with E-state index in [0.717, 1.165) is 22.5 Å². The van der Waals surface area contributed by atoms with Crippen LogP contribution in [0.4, 0.5) is 10.5 Å². The third kappa shape index (κ3) is 5.67. The van der Waals surface area contributed by atoms with Crippen molar-refractivity contribution in [1.82, 2.24) is 10.2 Å². The standard InChI is InChI=1S/C26H27N3O/c1-3-29(4-2)26(30)28-25(22-16-10-6-11-17-22)20-24(21-14-8-5-9-15-21)27-23-18-12-7-13-19-23/h5-20H,3-4H2,1-2H3,(H,28,30). The number of nitrogens with one attached hydrogen (secondary N) is 1. The molecule has 2 amide bonds. The summed E-state index contributed by atoms with van der Waals surface area (Å²) in [6.45, 7) is 5.24. The topological polar surface area (TPSA) is 44.7 Å². The predicted octanol–water partition coefficient (Wildman–Crippen LogP) is 5.90. The highest BCUT2D eigenvalue weighted by Crippen LogP contribution is 2.18. The highest BCUT2D eigenvalue weighted by molar-refractivity contribution is 6.13. The molecule has 1 N–H and O–H groups in total. The van der Waals surface area contributed by atoms with Gasteiger partial charge in [-0.05, 0) is 37.6 Å². The largest absolute Gasteiger partial charge is 0.325 e. The van der Waals surface area contributed by atoms with Gasteiger partial charge in [0.2, 0.25) is 0 Å². The van der Waals surface area contributed by atoms with Crippen molar-refractivity contribution < 1.29 is 4.79 Å². The first-order chi connectivity index (χ1) is 14.7. The molecule has 0 aliphatic carbocycles. The van der Waals surface area contributed by atoms with Crippen LogP contribution in [-0.4, -0.2) is 29.7 Å². The minimum Gasteiger partial charge on any atom is -0.325 e. The molecule has 3 aromatic carbocycles. The number of hydrogen-bond donors (Lipinski definition) is 1. The second-order valence-electron chi connectivity index (χ2n) is 6.73. The van der Waals surface area contributed by atoms with Crippen molar-refractivity contribution in [2.24, 2.45) is 4.99 Å². The van der Waals surface area contributed by atoms with Gasteiger partial charge in [0.1, 0.15) is 0 Å². The number of carbonyl (C=O) groups is 1. The molecule has 0 saturated carbocycles. The summed E-state index contributed by atoms with van der Waals surface area (Å²) < 4.78 is 0. The van der Waals surface area contributed by atoms with Gasteiger partial charge in [-0.25, -0.2) is 9.79 Å². The number of para-hydroxylation sites is 1. The van der Waals surface area contributed by atoms with Crippen molar-refractivity contribution in [1.29, 1.82) is 0 Å². The van der Waals surface area contributed by atoms with Crippen molar-refractivity contribution in [2.75, 3.05) is 13.1 Å². The zero-order valence-electron chi connectivity index (χ0n) is 17.5.